The van der Waals surface area contributed by atoms with E-state index in [9.17, 15) is 0 Å². The van der Waals surface area contributed by atoms with Gasteiger partial charge in [-0.2, -0.15) is 0 Å². The van der Waals surface area contributed by atoms with Crippen LogP contribution in [0.1, 0.15) is 0 Å². The van der Waals surface area contributed by atoms with E-state index in [1.807, 2.05) is 0 Å². The van der Waals surface area contributed by atoms with E-state index >= 15 is 0 Å². The summed E-state index contributed by atoms with van der Waals surface area (Å²) in [5.74, 6) is -1.44. The maximum Gasteiger partial charge on any atom is 0.213 e. The van der Waals surface area contributed by atoms with Crippen molar-refractivity contribution in [3.05, 3.63) is 0 Å². The van der Waals surface area contributed by atoms with Crippen LogP contribution in [0.4, 0.5) is 0 Å². The van der Waals surface area contributed by atoms with Crippen LogP contribution in [-0.4, -0.2) is 197 Å². The fourth-order valence-corrected chi connectivity index (χ4v) is 20.7. The predicted molar refractivity (Wildman–Crippen MR) is 341 cm³/mol. The first kappa shape index (κ1) is 73.0. The van der Waals surface area contributed by atoms with Crippen LogP contribution in [0.2, 0.25) is 216 Å². The van der Waals surface area contributed by atoms with Gasteiger partial charge in [-0.25, -0.2) is 0 Å². The lowest BCUT2D eigenvalue weighted by Crippen LogP contribution is -2.68. The molecule has 16 nitrogen and oxygen atoms in total. The van der Waals surface area contributed by atoms with Crippen LogP contribution in [0, 0.1) is 0 Å². The average molecular weight is 1280 g/mol. The molecule has 0 aromatic rings. The Hall–Kier alpha value is 1.75. The Bertz CT molecular complexity index is 1820. The zero-order chi connectivity index (χ0) is 59.9. The van der Waals surface area contributed by atoms with Crippen molar-refractivity contribution in [3.63, 3.8) is 0 Å². The Kier molecular flexibility index (Phi) is 25.0. The summed E-state index contributed by atoms with van der Waals surface area (Å²) in [6, 6.07) is 0. The molecule has 3 fully saturated rings. The van der Waals surface area contributed by atoms with Crippen molar-refractivity contribution in [3.8, 4) is 0 Å². The van der Waals surface area contributed by atoms with Crippen LogP contribution in [0.15, 0.2) is 0 Å². The molecule has 0 N–H and O–H groups in total. The van der Waals surface area contributed by atoms with Crippen molar-refractivity contribution in [2.45, 2.75) is 302 Å². The molecule has 0 saturated carbocycles. The van der Waals surface area contributed by atoms with E-state index in [1.54, 1.807) is 0 Å². The van der Waals surface area contributed by atoms with E-state index in [0.717, 1.165) is 0 Å². The molecule has 3 heterocycles. The lowest BCUT2D eigenvalue weighted by Gasteiger charge is -2.52. The van der Waals surface area contributed by atoms with Gasteiger partial charge in [-0.05, 0) is 216 Å². The quantitative estimate of drug-likeness (QED) is 0.0654. The highest BCUT2D eigenvalue weighted by Crippen LogP contribution is 2.44. The average Bonchev–Trinajstić information content (AvgIpc) is 3.35. The number of hydrogen-bond acceptors (Lipinski definition) is 16. The summed E-state index contributed by atoms with van der Waals surface area (Å²) in [5.41, 5.74) is 0. The molecule has 3 saturated heterocycles. The molecule has 0 bridgehead atoms. The second-order valence-corrected chi connectivity index (χ2v) is 81.5. The fraction of sp³-hybridized carbons (Fsp3) is 1.00. The molecule has 0 amide bonds. The molecule has 14 atom stereocenters. The molecule has 27 heteroatoms. The number of rotatable bonds is 29. The summed E-state index contributed by atoms with van der Waals surface area (Å²) in [5, 5.41) is 0. The topological polar surface area (TPSA) is 148 Å². The third-order valence-corrected chi connectivity index (χ3v) is 21.7. The maximum absolute atomic E-state index is 7.43. The van der Waals surface area contributed by atoms with E-state index in [2.05, 4.69) is 216 Å². The van der Waals surface area contributed by atoms with Gasteiger partial charge in [0.05, 0.1) is 13.2 Å². The van der Waals surface area contributed by atoms with Crippen LogP contribution in [-0.2, 0) is 72.4 Å². The van der Waals surface area contributed by atoms with Gasteiger partial charge in [0.15, 0.2) is 110 Å². The molecule has 3 aliphatic heterocycles. The molecule has 458 valence electrons. The van der Waals surface area contributed by atoms with Crippen LogP contribution < -0.4 is 0 Å². The number of ether oxygens (including phenoxy) is 5. The van der Waals surface area contributed by atoms with Gasteiger partial charge in [-0.1, -0.05) is 0 Å². The summed E-state index contributed by atoms with van der Waals surface area (Å²) in [4.78, 5) is 0. The van der Waals surface area contributed by atoms with Gasteiger partial charge in [0.1, 0.15) is 67.6 Å². The summed E-state index contributed by atoms with van der Waals surface area (Å²) in [6.45, 7) is 72.5. The molecule has 77 heavy (non-hydrogen) atoms. The summed E-state index contributed by atoms with van der Waals surface area (Å²) in [6.07, 6.45) is -8.63. The van der Waals surface area contributed by atoms with Crippen LogP contribution in [0.3, 0.4) is 0 Å². The summed E-state index contributed by atoms with van der Waals surface area (Å²) >= 11 is 0. The minimum atomic E-state index is -2.47. The number of hydrogen-bond donors (Lipinski definition) is 0. The van der Waals surface area contributed by atoms with Crippen molar-refractivity contribution in [2.24, 2.45) is 0 Å². The minimum absolute atomic E-state index is 0.0456. The Morgan fingerprint density at radius 1 is 0.286 bits per heavy atom. The maximum atomic E-state index is 7.43. The van der Waals surface area contributed by atoms with E-state index in [4.69, 9.17) is 72.4 Å². The Morgan fingerprint density at radius 3 is 0.935 bits per heavy atom. The zero-order valence-electron chi connectivity index (χ0n) is 55.2. The van der Waals surface area contributed by atoms with E-state index in [-0.39, 0.29) is 13.2 Å². The molecule has 3 rings (SSSR count). The van der Waals surface area contributed by atoms with E-state index in [1.165, 1.54) is 0 Å². The lowest BCUT2D eigenvalue weighted by molar-refractivity contribution is -0.338. The molecule has 0 aromatic carbocycles. The Labute approximate surface area is 482 Å². The zero-order valence-corrected chi connectivity index (χ0v) is 66.2. The van der Waals surface area contributed by atoms with Gasteiger partial charge in [0, 0.05) is 0 Å². The second-order valence-electron chi connectivity index (χ2n) is 32.4. The van der Waals surface area contributed by atoms with Crippen LogP contribution >= 0.6 is 0 Å². The first-order valence-electron chi connectivity index (χ1n) is 28.6. The van der Waals surface area contributed by atoms with E-state index < -0.39 is 177 Å². The molecule has 0 aromatic heterocycles. The van der Waals surface area contributed by atoms with Crippen LogP contribution in [0.25, 0.3) is 0 Å². The molecule has 3 aliphatic rings. The van der Waals surface area contributed by atoms with Gasteiger partial charge in [-0.3, -0.25) is 0 Å². The van der Waals surface area contributed by atoms with Crippen molar-refractivity contribution in [2.75, 3.05) is 19.8 Å². The van der Waals surface area contributed by atoms with Gasteiger partial charge < -0.3 is 72.4 Å². The van der Waals surface area contributed by atoms with Gasteiger partial charge in [0.25, 0.3) is 0 Å². The fourth-order valence-electron chi connectivity index (χ4n) is 9.24. The third kappa shape index (κ3) is 26.9. The largest absolute Gasteiger partial charge is 0.415 e. The molecule has 1 unspecified atom stereocenters. The third-order valence-electron chi connectivity index (χ3n) is 10.9. The van der Waals surface area contributed by atoms with Crippen molar-refractivity contribution >= 4 is 91.5 Å². The summed E-state index contributed by atoms with van der Waals surface area (Å²) in [7, 11) is -25.1. The first-order valence-corrected chi connectivity index (χ1v) is 66.1. The standard InChI is InChI=1S/C50H118O16Si11/c1-67(2,3)53-35-38-40(58-69(7,8)9)42(60-71(13,14)15)43(61-72(16,17)18)47(55-38)51-34-37-39(57-68(4,5)6)41(59-70(10,11)12)44(62-73(19,20)21)48(54-37)52-36-50(66-77(31,32)33)46(64-75(25,26)27)45(63-74(22,23)24)49(56-50)65-76(28,29)30/h37-49H,34-36H2,1-33H3/t37-,38-,39-,40-,41+,42+,43-,44-,45+,46+,47+,48+,49-,50?/m0/s1. The van der Waals surface area contributed by atoms with Crippen molar-refractivity contribution in [1.29, 1.82) is 0 Å². The first-order chi connectivity index (χ1) is 33.9. The van der Waals surface area contributed by atoms with Gasteiger partial charge in [-0.15, -0.1) is 0 Å². The monoisotopic (exact) mass is 1280 g/mol. The Morgan fingerprint density at radius 2 is 0.597 bits per heavy atom. The molecular formula is C50H118O16Si11. The normalized spacial score (nSPS) is 32.3. The highest BCUT2D eigenvalue weighted by Gasteiger charge is 2.63. The smallest absolute Gasteiger partial charge is 0.213 e. The molecule has 0 radical (unpaired) electrons. The van der Waals surface area contributed by atoms with Gasteiger partial charge in [0.2, 0.25) is 5.79 Å². The lowest BCUT2D eigenvalue weighted by atomic mass is 9.98. The van der Waals surface area contributed by atoms with Crippen molar-refractivity contribution in [1.82, 2.24) is 0 Å². The van der Waals surface area contributed by atoms with Crippen molar-refractivity contribution < 1.29 is 72.4 Å². The van der Waals surface area contributed by atoms with Crippen LogP contribution in [0.5, 0.6) is 0 Å². The van der Waals surface area contributed by atoms with E-state index in [0.29, 0.717) is 6.61 Å². The highest BCUT2D eigenvalue weighted by molar-refractivity contribution is 6.73. The molecular weight excluding hydrogens is 1170 g/mol. The SMILES string of the molecule is C[Si](C)(C)OC[C@@H]1O[C@@H](OC[C@@H]2O[C@@H](OCC3(O[Si](C)(C)C)O[C@@H](O[Si](C)(C)C)[C@H](O[Si](C)(C)C)[C@H]3O[Si](C)(C)C)[C@@H](O[Si](C)(C)C)[C@H](O[Si](C)(C)C)[C@H]2O[Si](C)(C)C)[C@@H](O[Si](C)(C)C)[C@H](O[Si](C)(C)C)[C@H]1O[Si](C)(C)C. The van der Waals surface area contributed by atoms with Gasteiger partial charge >= 0.3 is 0 Å². The molecule has 0 aliphatic carbocycles. The Balaban J connectivity index is 2.37. The minimum Gasteiger partial charge on any atom is -0.415 e. The second kappa shape index (κ2) is 26.4. The summed E-state index contributed by atoms with van der Waals surface area (Å²) < 4.78 is 115. The predicted octanol–water partition coefficient (Wildman–Crippen LogP) is 12.8. The molecule has 0 spiro atoms. The highest BCUT2D eigenvalue weighted by atomic mass is 28.4.